The summed E-state index contributed by atoms with van der Waals surface area (Å²) in [5, 5.41) is 0. The first kappa shape index (κ1) is 22.1. The van der Waals surface area contributed by atoms with Gasteiger partial charge in [0.1, 0.15) is 10.6 Å². The number of hydrogen-bond donors (Lipinski definition) is 1. The van der Waals surface area contributed by atoms with Gasteiger partial charge in [-0.3, -0.25) is 0 Å². The Morgan fingerprint density at radius 3 is 2.48 bits per heavy atom. The Balaban J connectivity index is 1.59. The highest BCUT2D eigenvalue weighted by Crippen LogP contribution is 2.34. The fourth-order valence-corrected chi connectivity index (χ4v) is 6.19. The van der Waals surface area contributed by atoms with Gasteiger partial charge in [0.15, 0.2) is 0 Å². The fraction of sp³-hybridized carbons (Fsp3) is 0.500. The van der Waals surface area contributed by atoms with Crippen molar-refractivity contribution in [2.75, 3.05) is 45.2 Å². The highest BCUT2D eigenvalue weighted by molar-refractivity contribution is 7.89. The first-order chi connectivity index (χ1) is 14.8. The zero-order chi connectivity index (χ0) is 22.2. The van der Waals surface area contributed by atoms with E-state index in [4.69, 9.17) is 4.74 Å². The molecule has 0 saturated carbocycles. The Morgan fingerprint density at radius 2 is 1.77 bits per heavy atom. The van der Waals surface area contributed by atoms with Crippen LogP contribution in [0.2, 0.25) is 0 Å². The average molecular weight is 444 g/mol. The maximum absolute atomic E-state index is 13.2. The predicted octanol–water partition coefficient (Wildman–Crippen LogP) is 2.90. The van der Waals surface area contributed by atoms with Crippen molar-refractivity contribution in [1.82, 2.24) is 9.62 Å². The molecule has 2 aromatic rings. The summed E-state index contributed by atoms with van der Waals surface area (Å²) in [6.45, 7) is 8.19. The number of anilines is 1. The average Bonchev–Trinajstić information content (AvgIpc) is 2.74. The van der Waals surface area contributed by atoms with E-state index in [0.717, 1.165) is 44.6 Å². The molecule has 1 aliphatic heterocycles. The standard InChI is InChI=1S/C24H33N3O3S/c1-17-5-10-24(23(15-17)30-4)31(28,29)25-19-7-8-20-18(2)6-9-22(21(20)16-19)27-13-11-26(3)12-14-27/h5-6,9-10,15,19,25H,7-8,11-14,16H2,1-4H3/t19-/m1/s1. The van der Waals surface area contributed by atoms with Gasteiger partial charge in [0.05, 0.1) is 7.11 Å². The predicted molar refractivity (Wildman–Crippen MR) is 125 cm³/mol. The zero-order valence-electron chi connectivity index (χ0n) is 18.9. The Hall–Kier alpha value is -2.09. The van der Waals surface area contributed by atoms with Gasteiger partial charge in [0, 0.05) is 37.9 Å². The minimum absolute atomic E-state index is 0.128. The van der Waals surface area contributed by atoms with Crippen LogP contribution < -0.4 is 14.4 Å². The lowest BCUT2D eigenvalue weighted by molar-refractivity contribution is 0.312. The summed E-state index contributed by atoms with van der Waals surface area (Å²) in [6.07, 6.45) is 2.40. The van der Waals surface area contributed by atoms with E-state index in [1.165, 1.54) is 29.5 Å². The van der Waals surface area contributed by atoms with Crippen LogP contribution >= 0.6 is 0 Å². The maximum Gasteiger partial charge on any atom is 0.244 e. The highest BCUT2D eigenvalue weighted by Gasteiger charge is 2.29. The zero-order valence-corrected chi connectivity index (χ0v) is 19.8. The number of piperazine rings is 1. The van der Waals surface area contributed by atoms with Gasteiger partial charge in [-0.1, -0.05) is 12.1 Å². The Labute approximate surface area is 186 Å². The molecule has 7 heteroatoms. The van der Waals surface area contributed by atoms with Crippen molar-refractivity contribution in [3.05, 3.63) is 52.6 Å². The first-order valence-corrected chi connectivity index (χ1v) is 12.5. The summed E-state index contributed by atoms with van der Waals surface area (Å²) >= 11 is 0. The second kappa shape index (κ2) is 8.81. The van der Waals surface area contributed by atoms with Gasteiger partial charge in [0.25, 0.3) is 0 Å². The molecule has 1 atom stereocenters. The Morgan fingerprint density at radius 1 is 1.03 bits per heavy atom. The third kappa shape index (κ3) is 4.59. The van der Waals surface area contributed by atoms with Gasteiger partial charge in [-0.2, -0.15) is 0 Å². The van der Waals surface area contributed by atoms with Crippen molar-refractivity contribution in [2.24, 2.45) is 0 Å². The van der Waals surface area contributed by atoms with E-state index in [-0.39, 0.29) is 10.9 Å². The number of nitrogens with one attached hydrogen (secondary N) is 1. The lowest BCUT2D eigenvalue weighted by Crippen LogP contribution is -2.45. The molecule has 31 heavy (non-hydrogen) atoms. The number of hydrogen-bond acceptors (Lipinski definition) is 5. The van der Waals surface area contributed by atoms with Gasteiger partial charge in [-0.05, 0) is 80.6 Å². The number of sulfonamides is 1. The quantitative estimate of drug-likeness (QED) is 0.770. The van der Waals surface area contributed by atoms with E-state index in [1.54, 1.807) is 12.1 Å². The number of nitrogens with zero attached hydrogens (tertiary/aromatic N) is 2. The van der Waals surface area contributed by atoms with Crippen molar-refractivity contribution < 1.29 is 13.2 Å². The summed E-state index contributed by atoms with van der Waals surface area (Å²) < 4.78 is 34.7. The molecule has 2 aliphatic rings. The number of benzene rings is 2. The Kier molecular flexibility index (Phi) is 6.28. The van der Waals surface area contributed by atoms with E-state index < -0.39 is 10.0 Å². The SMILES string of the molecule is COc1cc(C)ccc1S(=O)(=O)N[C@@H]1CCc2c(C)ccc(N3CCN(C)CC3)c2C1. The normalized spacial score (nSPS) is 19.9. The van der Waals surface area contributed by atoms with Crippen LogP contribution in [-0.4, -0.2) is 59.7 Å². The molecule has 4 rings (SSSR count). The number of rotatable bonds is 5. The van der Waals surface area contributed by atoms with Crippen LogP contribution in [0.25, 0.3) is 0 Å². The molecule has 1 heterocycles. The lowest BCUT2D eigenvalue weighted by atomic mass is 9.84. The van der Waals surface area contributed by atoms with E-state index in [9.17, 15) is 8.42 Å². The molecule has 0 unspecified atom stereocenters. The smallest absolute Gasteiger partial charge is 0.244 e. The summed E-state index contributed by atoms with van der Waals surface area (Å²) in [4.78, 5) is 5.01. The summed E-state index contributed by atoms with van der Waals surface area (Å²) in [6, 6.07) is 9.51. The van der Waals surface area contributed by atoms with E-state index in [1.807, 2.05) is 13.0 Å². The highest BCUT2D eigenvalue weighted by atomic mass is 32.2. The van der Waals surface area contributed by atoms with Crippen molar-refractivity contribution in [3.63, 3.8) is 0 Å². The van der Waals surface area contributed by atoms with E-state index in [0.29, 0.717) is 12.2 Å². The number of methoxy groups -OCH3 is 1. The lowest BCUT2D eigenvalue weighted by Gasteiger charge is -2.37. The number of aryl methyl sites for hydroxylation is 2. The maximum atomic E-state index is 13.2. The molecule has 168 valence electrons. The summed E-state index contributed by atoms with van der Waals surface area (Å²) in [5.74, 6) is 0.387. The summed E-state index contributed by atoms with van der Waals surface area (Å²) in [5.41, 5.74) is 6.23. The number of likely N-dealkylation sites (N-methyl/N-ethyl adjacent to an activating group) is 1. The van der Waals surface area contributed by atoms with Crippen LogP contribution in [0.5, 0.6) is 5.75 Å². The monoisotopic (exact) mass is 443 g/mol. The summed E-state index contributed by atoms with van der Waals surface area (Å²) in [7, 11) is -0.00384. The van der Waals surface area contributed by atoms with Gasteiger partial charge in [0.2, 0.25) is 10.0 Å². The van der Waals surface area contributed by atoms with Gasteiger partial charge >= 0.3 is 0 Å². The molecule has 1 aliphatic carbocycles. The Bertz CT molecular complexity index is 1060. The van der Waals surface area contributed by atoms with Crippen LogP contribution in [0.15, 0.2) is 35.2 Å². The molecule has 0 radical (unpaired) electrons. The van der Waals surface area contributed by atoms with Crippen molar-refractivity contribution in [3.8, 4) is 5.75 Å². The van der Waals surface area contributed by atoms with Crippen molar-refractivity contribution in [1.29, 1.82) is 0 Å². The van der Waals surface area contributed by atoms with Crippen LogP contribution in [0.3, 0.4) is 0 Å². The first-order valence-electron chi connectivity index (χ1n) is 11.0. The van der Waals surface area contributed by atoms with Crippen molar-refractivity contribution in [2.45, 2.75) is 44.0 Å². The molecule has 0 amide bonds. The van der Waals surface area contributed by atoms with Gasteiger partial charge in [-0.15, -0.1) is 0 Å². The number of ether oxygens (including phenoxy) is 1. The van der Waals surface area contributed by atoms with Gasteiger partial charge in [-0.25, -0.2) is 13.1 Å². The molecular weight excluding hydrogens is 410 g/mol. The fourth-order valence-electron chi connectivity index (χ4n) is 4.76. The molecule has 6 nitrogen and oxygen atoms in total. The second-order valence-corrected chi connectivity index (χ2v) is 10.5. The molecule has 0 bridgehead atoms. The minimum atomic E-state index is -3.67. The van der Waals surface area contributed by atoms with Crippen LogP contribution in [0.4, 0.5) is 5.69 Å². The van der Waals surface area contributed by atoms with E-state index >= 15 is 0 Å². The van der Waals surface area contributed by atoms with E-state index in [2.05, 4.69) is 40.6 Å². The largest absolute Gasteiger partial charge is 0.495 e. The molecular formula is C24H33N3O3S. The molecule has 0 aromatic heterocycles. The number of fused-ring (bicyclic) bond motifs is 1. The molecule has 1 saturated heterocycles. The third-order valence-corrected chi connectivity index (χ3v) is 8.17. The third-order valence-electron chi connectivity index (χ3n) is 6.61. The molecule has 1 fully saturated rings. The van der Waals surface area contributed by atoms with Gasteiger partial charge < -0.3 is 14.5 Å². The van der Waals surface area contributed by atoms with Crippen LogP contribution in [-0.2, 0) is 22.9 Å². The van der Waals surface area contributed by atoms with Crippen molar-refractivity contribution >= 4 is 15.7 Å². The topological polar surface area (TPSA) is 61.9 Å². The molecule has 2 aromatic carbocycles. The molecule has 0 spiro atoms. The molecule has 1 N–H and O–H groups in total. The van der Waals surface area contributed by atoms with Crippen LogP contribution in [0, 0.1) is 13.8 Å². The second-order valence-electron chi connectivity index (χ2n) is 8.86. The minimum Gasteiger partial charge on any atom is -0.495 e. The van der Waals surface area contributed by atoms with Crippen LogP contribution in [0.1, 0.15) is 28.7 Å².